The second-order valence-electron chi connectivity index (χ2n) is 5.00. The second kappa shape index (κ2) is 6.24. The molecule has 0 bridgehead atoms. The van der Waals surface area contributed by atoms with Gasteiger partial charge < -0.3 is 10.4 Å². The van der Waals surface area contributed by atoms with Gasteiger partial charge in [-0.3, -0.25) is 4.79 Å². The molecule has 0 aliphatic heterocycles. The lowest BCUT2D eigenvalue weighted by molar-refractivity contribution is -0.120. The number of phenols is 1. The van der Waals surface area contributed by atoms with Crippen molar-refractivity contribution < 1.29 is 9.90 Å². The van der Waals surface area contributed by atoms with Crippen molar-refractivity contribution in [3.8, 4) is 5.75 Å². The van der Waals surface area contributed by atoms with Crippen molar-refractivity contribution >= 4 is 5.91 Å². The van der Waals surface area contributed by atoms with Gasteiger partial charge in [0.05, 0.1) is 6.42 Å². The number of rotatable bonds is 4. The summed E-state index contributed by atoms with van der Waals surface area (Å²) in [6.45, 7) is 4.44. The summed E-state index contributed by atoms with van der Waals surface area (Å²) < 4.78 is 0. The minimum absolute atomic E-state index is 0.0449. The molecule has 2 N–H and O–H groups in total. The molecule has 2 aromatic carbocycles. The molecule has 0 saturated heterocycles. The van der Waals surface area contributed by atoms with Crippen LogP contribution in [0.1, 0.15) is 22.3 Å². The predicted molar refractivity (Wildman–Crippen MR) is 79.6 cm³/mol. The molecule has 3 nitrogen and oxygen atoms in total. The van der Waals surface area contributed by atoms with E-state index in [-0.39, 0.29) is 11.7 Å². The fourth-order valence-corrected chi connectivity index (χ4v) is 2.02. The standard InChI is InChI=1S/C17H19NO2/c1-12-7-8-14(9-13(12)2)10-17(20)18-11-15-5-3-4-6-16(15)19/h3-9,19H,10-11H2,1-2H3,(H,18,20). The quantitative estimate of drug-likeness (QED) is 0.896. The number of aromatic hydroxyl groups is 1. The van der Waals surface area contributed by atoms with E-state index in [0.717, 1.165) is 11.1 Å². The first-order chi connectivity index (χ1) is 9.56. The van der Waals surface area contributed by atoms with Gasteiger partial charge in [0, 0.05) is 12.1 Å². The Kier molecular flexibility index (Phi) is 4.41. The number of carbonyl (C=O) groups excluding carboxylic acids is 1. The number of amides is 1. The lowest BCUT2D eigenvalue weighted by atomic mass is 10.0. The Hall–Kier alpha value is -2.29. The molecule has 104 valence electrons. The van der Waals surface area contributed by atoms with Crippen LogP contribution in [0.2, 0.25) is 0 Å². The molecule has 0 spiro atoms. The second-order valence-corrected chi connectivity index (χ2v) is 5.00. The smallest absolute Gasteiger partial charge is 0.224 e. The third kappa shape index (κ3) is 3.60. The van der Waals surface area contributed by atoms with Crippen LogP contribution < -0.4 is 5.32 Å². The number of nitrogens with one attached hydrogen (secondary N) is 1. The van der Waals surface area contributed by atoms with E-state index in [0.29, 0.717) is 13.0 Å². The molecule has 0 saturated carbocycles. The van der Waals surface area contributed by atoms with Crippen LogP contribution >= 0.6 is 0 Å². The normalized spacial score (nSPS) is 10.3. The van der Waals surface area contributed by atoms with Crippen LogP contribution in [0.4, 0.5) is 0 Å². The predicted octanol–water partition coefficient (Wildman–Crippen LogP) is 2.87. The van der Waals surface area contributed by atoms with Gasteiger partial charge in [0.25, 0.3) is 0 Å². The van der Waals surface area contributed by atoms with E-state index < -0.39 is 0 Å². The van der Waals surface area contributed by atoms with Crippen molar-refractivity contribution in [1.82, 2.24) is 5.32 Å². The zero-order valence-corrected chi connectivity index (χ0v) is 11.8. The Bertz CT molecular complexity index is 620. The Labute approximate surface area is 119 Å². The summed E-state index contributed by atoms with van der Waals surface area (Å²) in [6, 6.07) is 13.1. The van der Waals surface area contributed by atoms with Gasteiger partial charge in [0.2, 0.25) is 5.91 Å². The summed E-state index contributed by atoms with van der Waals surface area (Å²) in [5.41, 5.74) is 4.14. The lowest BCUT2D eigenvalue weighted by Crippen LogP contribution is -2.24. The molecule has 2 rings (SSSR count). The highest BCUT2D eigenvalue weighted by molar-refractivity contribution is 5.78. The number of aryl methyl sites for hydroxylation is 2. The SMILES string of the molecule is Cc1ccc(CC(=O)NCc2ccccc2O)cc1C. The molecular formula is C17H19NO2. The molecular weight excluding hydrogens is 250 g/mol. The van der Waals surface area contributed by atoms with E-state index in [2.05, 4.69) is 12.2 Å². The minimum Gasteiger partial charge on any atom is -0.508 e. The summed E-state index contributed by atoms with van der Waals surface area (Å²) >= 11 is 0. The Morgan fingerprint density at radius 1 is 1.10 bits per heavy atom. The van der Waals surface area contributed by atoms with E-state index in [1.807, 2.05) is 31.2 Å². The average molecular weight is 269 g/mol. The van der Waals surface area contributed by atoms with Crippen molar-refractivity contribution in [1.29, 1.82) is 0 Å². The van der Waals surface area contributed by atoms with Crippen LogP contribution in [0.25, 0.3) is 0 Å². The fraction of sp³-hybridized carbons (Fsp3) is 0.235. The molecule has 0 atom stereocenters. The highest BCUT2D eigenvalue weighted by atomic mass is 16.3. The average Bonchev–Trinajstić information content (AvgIpc) is 2.42. The zero-order chi connectivity index (χ0) is 14.5. The van der Waals surface area contributed by atoms with E-state index >= 15 is 0 Å². The molecule has 1 amide bonds. The summed E-state index contributed by atoms with van der Waals surface area (Å²) in [7, 11) is 0. The maximum atomic E-state index is 11.9. The van der Waals surface area contributed by atoms with Gasteiger partial charge in [-0.05, 0) is 36.6 Å². The molecule has 0 radical (unpaired) electrons. The maximum Gasteiger partial charge on any atom is 0.224 e. The number of phenolic OH excluding ortho intramolecular Hbond substituents is 1. The molecule has 0 fully saturated rings. The number of hydrogen-bond donors (Lipinski definition) is 2. The first-order valence-electron chi connectivity index (χ1n) is 6.66. The van der Waals surface area contributed by atoms with Crippen molar-refractivity contribution in [3.63, 3.8) is 0 Å². The summed E-state index contributed by atoms with van der Waals surface area (Å²) in [5, 5.41) is 12.5. The maximum absolute atomic E-state index is 11.9. The van der Waals surface area contributed by atoms with Gasteiger partial charge in [-0.25, -0.2) is 0 Å². The molecule has 0 aliphatic rings. The first-order valence-corrected chi connectivity index (χ1v) is 6.66. The lowest BCUT2D eigenvalue weighted by Gasteiger charge is -2.08. The summed E-state index contributed by atoms with van der Waals surface area (Å²) in [6.07, 6.45) is 0.356. The Morgan fingerprint density at radius 3 is 2.55 bits per heavy atom. The number of benzene rings is 2. The van der Waals surface area contributed by atoms with Gasteiger partial charge in [0.15, 0.2) is 0 Å². The number of para-hydroxylation sites is 1. The van der Waals surface area contributed by atoms with Crippen LogP contribution in [0.5, 0.6) is 5.75 Å². The first kappa shape index (κ1) is 14.1. The molecule has 0 unspecified atom stereocenters. The third-order valence-corrected chi connectivity index (χ3v) is 3.40. The highest BCUT2D eigenvalue weighted by Crippen LogP contribution is 2.15. The van der Waals surface area contributed by atoms with E-state index in [1.165, 1.54) is 11.1 Å². The topological polar surface area (TPSA) is 49.3 Å². The van der Waals surface area contributed by atoms with Gasteiger partial charge in [-0.1, -0.05) is 36.4 Å². The van der Waals surface area contributed by atoms with E-state index in [4.69, 9.17) is 0 Å². The van der Waals surface area contributed by atoms with Crippen molar-refractivity contribution in [2.45, 2.75) is 26.8 Å². The van der Waals surface area contributed by atoms with Crippen molar-refractivity contribution in [2.24, 2.45) is 0 Å². The van der Waals surface area contributed by atoms with Crippen molar-refractivity contribution in [2.75, 3.05) is 0 Å². The van der Waals surface area contributed by atoms with Crippen LogP contribution in [0, 0.1) is 13.8 Å². The van der Waals surface area contributed by atoms with Gasteiger partial charge in [-0.15, -0.1) is 0 Å². The third-order valence-electron chi connectivity index (χ3n) is 3.40. The van der Waals surface area contributed by atoms with Gasteiger partial charge >= 0.3 is 0 Å². The largest absolute Gasteiger partial charge is 0.508 e. The van der Waals surface area contributed by atoms with Crippen molar-refractivity contribution in [3.05, 3.63) is 64.7 Å². The molecule has 20 heavy (non-hydrogen) atoms. The van der Waals surface area contributed by atoms with Gasteiger partial charge in [-0.2, -0.15) is 0 Å². The van der Waals surface area contributed by atoms with Crippen LogP contribution in [-0.4, -0.2) is 11.0 Å². The zero-order valence-electron chi connectivity index (χ0n) is 11.8. The van der Waals surface area contributed by atoms with Crippen LogP contribution in [-0.2, 0) is 17.8 Å². The minimum atomic E-state index is -0.0449. The van der Waals surface area contributed by atoms with E-state index in [9.17, 15) is 9.90 Å². The highest BCUT2D eigenvalue weighted by Gasteiger charge is 2.06. The van der Waals surface area contributed by atoms with Crippen LogP contribution in [0.3, 0.4) is 0 Å². The molecule has 0 aromatic heterocycles. The monoisotopic (exact) mass is 269 g/mol. The number of hydrogen-bond acceptors (Lipinski definition) is 2. The van der Waals surface area contributed by atoms with Crippen LogP contribution in [0.15, 0.2) is 42.5 Å². The fourth-order valence-electron chi connectivity index (χ4n) is 2.02. The Morgan fingerprint density at radius 2 is 1.85 bits per heavy atom. The Balaban J connectivity index is 1.93. The van der Waals surface area contributed by atoms with Gasteiger partial charge in [0.1, 0.15) is 5.75 Å². The summed E-state index contributed by atoms with van der Waals surface area (Å²) in [4.78, 5) is 11.9. The van der Waals surface area contributed by atoms with E-state index in [1.54, 1.807) is 18.2 Å². The molecule has 3 heteroatoms. The summed E-state index contributed by atoms with van der Waals surface area (Å²) in [5.74, 6) is 0.162. The molecule has 2 aromatic rings. The number of carbonyl (C=O) groups is 1. The molecule has 0 heterocycles. The molecule has 0 aliphatic carbocycles.